The Labute approximate surface area is 138 Å². The SMILES string of the molecule is CN(C)C(CNS(=O)(=O)c1ccccc1[N+](=O)[O-])c1cccs1. The highest BCUT2D eigenvalue weighted by molar-refractivity contribution is 7.89. The molecule has 0 fully saturated rings. The topological polar surface area (TPSA) is 92.6 Å². The van der Waals surface area contributed by atoms with Gasteiger partial charge < -0.3 is 4.90 Å². The van der Waals surface area contributed by atoms with Crippen LogP contribution in [0.5, 0.6) is 0 Å². The van der Waals surface area contributed by atoms with E-state index in [2.05, 4.69) is 4.72 Å². The molecule has 0 saturated heterocycles. The van der Waals surface area contributed by atoms with E-state index in [0.717, 1.165) is 4.88 Å². The number of nitro benzene ring substituents is 1. The highest BCUT2D eigenvalue weighted by Crippen LogP contribution is 2.25. The third-order valence-electron chi connectivity index (χ3n) is 3.31. The maximum atomic E-state index is 12.4. The molecule has 0 bridgehead atoms. The van der Waals surface area contributed by atoms with E-state index >= 15 is 0 Å². The molecule has 1 aromatic heterocycles. The molecule has 0 spiro atoms. The van der Waals surface area contributed by atoms with Gasteiger partial charge in [0.15, 0.2) is 4.90 Å². The van der Waals surface area contributed by atoms with Crippen molar-refractivity contribution in [2.45, 2.75) is 10.9 Å². The molecule has 0 saturated carbocycles. The lowest BCUT2D eigenvalue weighted by molar-refractivity contribution is -0.387. The van der Waals surface area contributed by atoms with E-state index in [1.54, 1.807) is 0 Å². The monoisotopic (exact) mass is 355 g/mol. The maximum Gasteiger partial charge on any atom is 0.289 e. The lowest BCUT2D eigenvalue weighted by Crippen LogP contribution is -2.34. The molecule has 23 heavy (non-hydrogen) atoms. The first kappa shape index (κ1) is 17.5. The van der Waals surface area contributed by atoms with Crippen LogP contribution in [-0.4, -0.2) is 38.9 Å². The summed E-state index contributed by atoms with van der Waals surface area (Å²) in [6, 6.07) is 8.98. The van der Waals surface area contributed by atoms with Gasteiger partial charge in [-0.05, 0) is 31.6 Å². The molecular formula is C14H17N3O4S2. The molecule has 2 aromatic rings. The zero-order valence-corrected chi connectivity index (χ0v) is 14.3. The molecular weight excluding hydrogens is 338 g/mol. The summed E-state index contributed by atoms with van der Waals surface area (Å²) in [6.07, 6.45) is 0. The fourth-order valence-corrected chi connectivity index (χ4v) is 4.25. The molecule has 7 nitrogen and oxygen atoms in total. The van der Waals surface area contributed by atoms with Crippen molar-refractivity contribution in [1.29, 1.82) is 0 Å². The van der Waals surface area contributed by atoms with Crippen LogP contribution in [0.25, 0.3) is 0 Å². The standard InChI is InChI=1S/C14H17N3O4S2/c1-16(2)12(13-7-5-9-22-13)10-15-23(20,21)14-8-4-3-6-11(14)17(18)19/h3-9,12,15H,10H2,1-2H3. The van der Waals surface area contributed by atoms with E-state index in [1.807, 2.05) is 36.5 Å². The van der Waals surface area contributed by atoms with Gasteiger partial charge >= 0.3 is 0 Å². The normalized spacial score (nSPS) is 13.2. The Morgan fingerprint density at radius 1 is 1.26 bits per heavy atom. The average Bonchev–Trinajstić information content (AvgIpc) is 3.01. The van der Waals surface area contributed by atoms with Crippen LogP contribution in [0.15, 0.2) is 46.7 Å². The molecule has 9 heteroatoms. The minimum absolute atomic E-state index is 0.127. The molecule has 0 aliphatic rings. The van der Waals surface area contributed by atoms with Crippen molar-refractivity contribution in [2.75, 3.05) is 20.6 Å². The second-order valence-electron chi connectivity index (χ2n) is 5.07. The summed E-state index contributed by atoms with van der Waals surface area (Å²) >= 11 is 1.53. The number of sulfonamides is 1. The van der Waals surface area contributed by atoms with Gasteiger partial charge in [0.05, 0.1) is 11.0 Å². The fraction of sp³-hybridized carbons (Fsp3) is 0.286. The average molecular weight is 355 g/mol. The maximum absolute atomic E-state index is 12.4. The van der Waals surface area contributed by atoms with Gasteiger partial charge in [0.1, 0.15) is 0 Å². The van der Waals surface area contributed by atoms with Crippen LogP contribution >= 0.6 is 11.3 Å². The number of nitro groups is 1. The van der Waals surface area contributed by atoms with Gasteiger partial charge in [-0.3, -0.25) is 10.1 Å². The van der Waals surface area contributed by atoms with Crippen molar-refractivity contribution in [3.05, 3.63) is 56.8 Å². The first-order chi connectivity index (χ1) is 10.8. The Balaban J connectivity index is 2.23. The zero-order valence-electron chi connectivity index (χ0n) is 12.7. The number of hydrogen-bond acceptors (Lipinski definition) is 6. The fourth-order valence-electron chi connectivity index (χ4n) is 2.12. The molecule has 0 radical (unpaired) electrons. The van der Waals surface area contributed by atoms with Gasteiger partial charge in [-0.25, -0.2) is 13.1 Å². The van der Waals surface area contributed by atoms with Crippen molar-refractivity contribution in [1.82, 2.24) is 9.62 Å². The van der Waals surface area contributed by atoms with Crippen LogP contribution in [0.2, 0.25) is 0 Å². The highest BCUT2D eigenvalue weighted by Gasteiger charge is 2.26. The van der Waals surface area contributed by atoms with Crippen LogP contribution in [0.4, 0.5) is 5.69 Å². The predicted molar refractivity (Wildman–Crippen MR) is 89.0 cm³/mol. The Morgan fingerprint density at radius 2 is 1.96 bits per heavy atom. The van der Waals surface area contributed by atoms with E-state index in [9.17, 15) is 18.5 Å². The summed E-state index contributed by atoms with van der Waals surface area (Å²) in [5.41, 5.74) is -0.433. The van der Waals surface area contributed by atoms with Crippen LogP contribution in [-0.2, 0) is 10.0 Å². The van der Waals surface area contributed by atoms with E-state index in [1.165, 1.54) is 35.6 Å². The first-order valence-corrected chi connectivity index (χ1v) is 9.12. The minimum atomic E-state index is -3.97. The van der Waals surface area contributed by atoms with Crippen LogP contribution in [0, 0.1) is 10.1 Å². The smallest absolute Gasteiger partial charge is 0.289 e. The molecule has 2 rings (SSSR count). The van der Waals surface area contributed by atoms with Crippen molar-refractivity contribution in [3.8, 4) is 0 Å². The Morgan fingerprint density at radius 3 is 2.52 bits per heavy atom. The quantitative estimate of drug-likeness (QED) is 0.607. The Bertz CT molecular complexity index is 773. The summed E-state index contributed by atoms with van der Waals surface area (Å²) < 4.78 is 27.3. The van der Waals surface area contributed by atoms with E-state index in [0.29, 0.717) is 0 Å². The van der Waals surface area contributed by atoms with Gasteiger partial charge in [0, 0.05) is 17.5 Å². The van der Waals surface area contributed by atoms with Gasteiger partial charge in [-0.15, -0.1) is 11.3 Å². The second-order valence-corrected chi connectivity index (χ2v) is 7.79. The van der Waals surface area contributed by atoms with Crippen molar-refractivity contribution in [2.24, 2.45) is 0 Å². The molecule has 1 heterocycles. The third kappa shape index (κ3) is 4.14. The third-order valence-corrected chi connectivity index (χ3v) is 5.76. The number of hydrogen-bond donors (Lipinski definition) is 1. The molecule has 1 N–H and O–H groups in total. The first-order valence-electron chi connectivity index (χ1n) is 6.76. The predicted octanol–water partition coefficient (Wildman–Crippen LogP) is 2.24. The second kappa shape index (κ2) is 7.18. The number of rotatable bonds is 7. The molecule has 124 valence electrons. The molecule has 1 aromatic carbocycles. The summed E-state index contributed by atoms with van der Waals surface area (Å²) in [5, 5.41) is 12.9. The summed E-state index contributed by atoms with van der Waals surface area (Å²) in [5.74, 6) is 0. The van der Waals surface area contributed by atoms with Gasteiger partial charge in [0.2, 0.25) is 10.0 Å². The van der Waals surface area contributed by atoms with E-state index in [4.69, 9.17) is 0 Å². The van der Waals surface area contributed by atoms with Crippen molar-refractivity contribution in [3.63, 3.8) is 0 Å². The van der Waals surface area contributed by atoms with Crippen LogP contribution in [0.1, 0.15) is 10.9 Å². The number of nitrogens with one attached hydrogen (secondary N) is 1. The Hall–Kier alpha value is -1.81. The van der Waals surface area contributed by atoms with Gasteiger partial charge in [-0.1, -0.05) is 18.2 Å². The molecule has 0 aliphatic carbocycles. The summed E-state index contributed by atoms with van der Waals surface area (Å²) in [7, 11) is -0.268. The van der Waals surface area contributed by atoms with E-state index in [-0.39, 0.29) is 17.5 Å². The highest BCUT2D eigenvalue weighted by atomic mass is 32.2. The van der Waals surface area contributed by atoms with Gasteiger partial charge in [-0.2, -0.15) is 0 Å². The molecule has 0 aliphatic heterocycles. The number of para-hydroxylation sites is 1. The number of likely N-dealkylation sites (N-methyl/N-ethyl adjacent to an activating group) is 1. The summed E-state index contributed by atoms with van der Waals surface area (Å²) in [6.45, 7) is 0.127. The zero-order chi connectivity index (χ0) is 17.0. The van der Waals surface area contributed by atoms with Crippen LogP contribution < -0.4 is 4.72 Å². The lowest BCUT2D eigenvalue weighted by Gasteiger charge is -2.23. The van der Waals surface area contributed by atoms with Crippen LogP contribution in [0.3, 0.4) is 0 Å². The number of benzene rings is 1. The molecule has 0 amide bonds. The van der Waals surface area contributed by atoms with Gasteiger partial charge in [0.25, 0.3) is 5.69 Å². The Kier molecular flexibility index (Phi) is 5.47. The van der Waals surface area contributed by atoms with Crippen molar-refractivity contribution >= 4 is 27.0 Å². The summed E-state index contributed by atoms with van der Waals surface area (Å²) in [4.78, 5) is 12.9. The number of nitrogens with zero attached hydrogens (tertiary/aromatic N) is 2. The molecule has 1 atom stereocenters. The lowest BCUT2D eigenvalue weighted by atomic mass is 10.2. The largest absolute Gasteiger partial charge is 0.300 e. The van der Waals surface area contributed by atoms with Crippen molar-refractivity contribution < 1.29 is 13.3 Å². The van der Waals surface area contributed by atoms with E-state index < -0.39 is 20.6 Å². The molecule has 1 unspecified atom stereocenters. The minimum Gasteiger partial charge on any atom is -0.300 e. The number of thiophene rings is 1.